The van der Waals surface area contributed by atoms with Crippen LogP contribution in [-0.4, -0.2) is 27.8 Å². The van der Waals surface area contributed by atoms with E-state index in [9.17, 15) is 22.8 Å². The van der Waals surface area contributed by atoms with Gasteiger partial charge in [-0.25, -0.2) is 0 Å². The molecule has 0 radical (unpaired) electrons. The number of thiophene rings is 1. The smallest absolute Gasteiger partial charge is 0.338 e. The Morgan fingerprint density at radius 1 is 0.906 bits per heavy atom. The molecule has 0 saturated carbocycles. The Morgan fingerprint density at radius 2 is 1.59 bits per heavy atom. The van der Waals surface area contributed by atoms with Gasteiger partial charge in [-0.2, -0.15) is 23.0 Å². The normalized spacial score (nSPS) is 11.2. The van der Waals surface area contributed by atoms with Crippen LogP contribution in [0.1, 0.15) is 9.67 Å². The minimum absolute atomic E-state index is 0.0904. The van der Waals surface area contributed by atoms with Crippen LogP contribution in [0.2, 0.25) is 0 Å². The van der Waals surface area contributed by atoms with Gasteiger partial charge in [0.2, 0.25) is 0 Å². The zero-order valence-corrected chi connectivity index (χ0v) is 17.1. The molecule has 0 bridgehead atoms. The highest BCUT2D eigenvalue weighted by Gasteiger charge is 2.39. The lowest BCUT2D eigenvalue weighted by molar-refractivity contribution is -0.167. The minimum Gasteiger partial charge on any atom is -0.338 e. The number of hydrogen-bond acceptors (Lipinski definition) is 5. The second-order valence-corrected chi connectivity index (χ2v) is 7.55. The summed E-state index contributed by atoms with van der Waals surface area (Å²) in [5.41, 5.74) is 1.33. The number of amides is 1. The molecule has 6 nitrogen and oxygen atoms in total. The molecule has 4 aromatic rings. The monoisotopic (exact) mass is 456 g/mol. The SMILES string of the molecule is O=C(c1cccs1)n1nc(-c2ccccc2)cc1Nc1ccccc1NC(=O)C(F)(F)F. The first-order valence-corrected chi connectivity index (χ1v) is 10.2. The maximum Gasteiger partial charge on any atom is 0.471 e. The van der Waals surface area contributed by atoms with E-state index in [1.165, 1.54) is 29.5 Å². The number of nitrogens with zero attached hydrogens (tertiary/aromatic N) is 2. The van der Waals surface area contributed by atoms with Crippen molar-refractivity contribution in [2.75, 3.05) is 10.6 Å². The number of carbonyl (C=O) groups is 2. The van der Waals surface area contributed by atoms with Gasteiger partial charge in [0.05, 0.1) is 21.9 Å². The van der Waals surface area contributed by atoms with Gasteiger partial charge in [0.25, 0.3) is 5.91 Å². The van der Waals surface area contributed by atoms with Crippen LogP contribution in [0.5, 0.6) is 0 Å². The molecular formula is C22H15F3N4O2S. The van der Waals surface area contributed by atoms with E-state index >= 15 is 0 Å². The Hall–Kier alpha value is -3.92. The topological polar surface area (TPSA) is 76.0 Å². The number of para-hydroxylation sites is 2. The lowest BCUT2D eigenvalue weighted by Gasteiger charge is -2.14. The highest BCUT2D eigenvalue weighted by molar-refractivity contribution is 7.12. The molecule has 4 rings (SSSR count). The fourth-order valence-corrected chi connectivity index (χ4v) is 3.56. The van der Waals surface area contributed by atoms with E-state index < -0.39 is 18.0 Å². The Labute approximate surface area is 184 Å². The molecule has 0 atom stereocenters. The standard InChI is InChI=1S/C22H15F3N4O2S/c23-22(24,25)21(31)27-16-10-5-4-9-15(16)26-19-13-17(14-7-2-1-3-8-14)28-29(19)20(30)18-11-6-12-32-18/h1-13,26H,(H,27,31). The van der Waals surface area contributed by atoms with Crippen molar-refractivity contribution >= 4 is 40.3 Å². The molecular weight excluding hydrogens is 441 g/mol. The Bertz CT molecular complexity index is 1250. The molecule has 2 aromatic carbocycles. The molecule has 10 heteroatoms. The van der Waals surface area contributed by atoms with Crippen molar-refractivity contribution < 1.29 is 22.8 Å². The number of aromatic nitrogens is 2. The zero-order chi connectivity index (χ0) is 22.7. The third-order valence-corrected chi connectivity index (χ3v) is 5.26. The largest absolute Gasteiger partial charge is 0.471 e. The van der Waals surface area contributed by atoms with Gasteiger partial charge in [-0.1, -0.05) is 48.5 Å². The second-order valence-electron chi connectivity index (χ2n) is 6.60. The molecule has 0 aliphatic rings. The number of alkyl halides is 3. The number of carbonyl (C=O) groups excluding carboxylic acids is 2. The zero-order valence-electron chi connectivity index (χ0n) is 16.3. The van der Waals surface area contributed by atoms with Crippen LogP contribution in [0.4, 0.5) is 30.4 Å². The Morgan fingerprint density at radius 3 is 2.25 bits per heavy atom. The van der Waals surface area contributed by atoms with Crippen LogP contribution in [0.3, 0.4) is 0 Å². The Balaban J connectivity index is 1.73. The lowest BCUT2D eigenvalue weighted by Crippen LogP contribution is -2.30. The first kappa shape index (κ1) is 21.3. The summed E-state index contributed by atoms with van der Waals surface area (Å²) in [6.07, 6.45) is -5.04. The van der Waals surface area contributed by atoms with E-state index in [0.717, 1.165) is 10.2 Å². The molecule has 162 valence electrons. The van der Waals surface area contributed by atoms with Gasteiger partial charge in [0, 0.05) is 11.6 Å². The second kappa shape index (κ2) is 8.67. The molecule has 0 aliphatic heterocycles. The van der Waals surface area contributed by atoms with Gasteiger partial charge in [0.15, 0.2) is 0 Å². The van der Waals surface area contributed by atoms with Crippen molar-refractivity contribution in [1.82, 2.24) is 9.78 Å². The molecule has 0 unspecified atom stereocenters. The molecule has 1 amide bonds. The molecule has 0 spiro atoms. The summed E-state index contributed by atoms with van der Waals surface area (Å²) < 4.78 is 39.3. The summed E-state index contributed by atoms with van der Waals surface area (Å²) in [5.74, 6) is -2.27. The van der Waals surface area contributed by atoms with Crippen LogP contribution in [0.15, 0.2) is 78.2 Å². The molecule has 2 heterocycles. The van der Waals surface area contributed by atoms with Gasteiger partial charge in [-0.15, -0.1) is 11.3 Å². The molecule has 32 heavy (non-hydrogen) atoms. The van der Waals surface area contributed by atoms with Crippen LogP contribution in [0, 0.1) is 0 Å². The molecule has 0 aliphatic carbocycles. The van der Waals surface area contributed by atoms with Crippen molar-refractivity contribution in [2.45, 2.75) is 6.18 Å². The molecule has 2 N–H and O–H groups in total. The van der Waals surface area contributed by atoms with Gasteiger partial charge in [0.1, 0.15) is 5.82 Å². The van der Waals surface area contributed by atoms with E-state index in [1.807, 2.05) is 35.6 Å². The Kier molecular flexibility index (Phi) is 5.78. The van der Waals surface area contributed by atoms with Gasteiger partial charge in [-0.05, 0) is 23.6 Å². The quantitative estimate of drug-likeness (QED) is 0.413. The predicted molar refractivity (Wildman–Crippen MR) is 116 cm³/mol. The van der Waals surface area contributed by atoms with Crippen molar-refractivity contribution in [1.29, 1.82) is 0 Å². The average Bonchev–Trinajstić information content (AvgIpc) is 3.45. The average molecular weight is 456 g/mol. The van der Waals surface area contributed by atoms with E-state index in [2.05, 4.69) is 10.4 Å². The summed E-state index contributed by atoms with van der Waals surface area (Å²) in [6.45, 7) is 0. The summed E-state index contributed by atoms with van der Waals surface area (Å²) in [4.78, 5) is 24.9. The van der Waals surface area contributed by atoms with Crippen LogP contribution in [0.25, 0.3) is 11.3 Å². The van der Waals surface area contributed by atoms with E-state index in [1.54, 1.807) is 29.6 Å². The fourth-order valence-electron chi connectivity index (χ4n) is 2.91. The molecule has 0 fully saturated rings. The number of benzene rings is 2. The van der Waals surface area contributed by atoms with Crippen molar-refractivity contribution in [2.24, 2.45) is 0 Å². The third kappa shape index (κ3) is 4.54. The van der Waals surface area contributed by atoms with Crippen molar-refractivity contribution in [3.8, 4) is 11.3 Å². The third-order valence-electron chi connectivity index (χ3n) is 4.40. The van der Waals surface area contributed by atoms with E-state index in [4.69, 9.17) is 0 Å². The first-order chi connectivity index (χ1) is 15.3. The summed E-state index contributed by atoms with van der Waals surface area (Å²) in [5, 5.41) is 10.9. The first-order valence-electron chi connectivity index (χ1n) is 9.31. The summed E-state index contributed by atoms with van der Waals surface area (Å²) in [6, 6.07) is 20.0. The fraction of sp³-hybridized carbons (Fsp3) is 0.0455. The van der Waals surface area contributed by atoms with Crippen molar-refractivity contribution in [3.63, 3.8) is 0 Å². The molecule has 2 aromatic heterocycles. The van der Waals surface area contributed by atoms with Crippen LogP contribution >= 0.6 is 11.3 Å². The minimum atomic E-state index is -5.04. The number of halogens is 3. The van der Waals surface area contributed by atoms with Gasteiger partial charge < -0.3 is 10.6 Å². The highest BCUT2D eigenvalue weighted by atomic mass is 32.1. The van der Waals surface area contributed by atoms with E-state index in [0.29, 0.717) is 10.6 Å². The van der Waals surface area contributed by atoms with E-state index in [-0.39, 0.29) is 17.2 Å². The van der Waals surface area contributed by atoms with Gasteiger partial charge >= 0.3 is 12.1 Å². The van der Waals surface area contributed by atoms with Crippen molar-refractivity contribution in [3.05, 3.63) is 83.1 Å². The van der Waals surface area contributed by atoms with Crippen LogP contribution in [-0.2, 0) is 4.79 Å². The number of rotatable bonds is 5. The molecule has 0 saturated heterocycles. The summed E-state index contributed by atoms with van der Waals surface area (Å²) >= 11 is 1.24. The van der Waals surface area contributed by atoms with Crippen LogP contribution < -0.4 is 10.6 Å². The lowest BCUT2D eigenvalue weighted by atomic mass is 10.1. The maximum atomic E-state index is 13.0. The number of anilines is 3. The highest BCUT2D eigenvalue weighted by Crippen LogP contribution is 2.30. The van der Waals surface area contributed by atoms with Gasteiger partial charge in [-0.3, -0.25) is 9.59 Å². The number of hydrogen-bond donors (Lipinski definition) is 2. The maximum absolute atomic E-state index is 13.0. The number of nitrogens with one attached hydrogen (secondary N) is 2. The summed E-state index contributed by atoms with van der Waals surface area (Å²) in [7, 11) is 0. The predicted octanol–water partition coefficient (Wildman–Crippen LogP) is 5.54.